The van der Waals surface area contributed by atoms with E-state index in [1.165, 1.54) is 18.4 Å². The zero-order valence-electron chi connectivity index (χ0n) is 12.1. The molecule has 0 unspecified atom stereocenters. The fourth-order valence-corrected chi connectivity index (χ4v) is 2.61. The molecule has 1 atom stereocenters. The summed E-state index contributed by atoms with van der Waals surface area (Å²) >= 11 is 0. The van der Waals surface area contributed by atoms with Gasteiger partial charge < -0.3 is 9.73 Å². The van der Waals surface area contributed by atoms with E-state index in [-0.39, 0.29) is 16.8 Å². The van der Waals surface area contributed by atoms with Crippen molar-refractivity contribution in [3.8, 4) is 0 Å². The first kappa shape index (κ1) is 15.3. The molecule has 1 N–H and O–H groups in total. The van der Waals surface area contributed by atoms with Crippen molar-refractivity contribution in [3.63, 3.8) is 0 Å². The molecule has 0 bridgehead atoms. The first-order valence-electron chi connectivity index (χ1n) is 6.44. The van der Waals surface area contributed by atoms with Crippen LogP contribution in [-0.4, -0.2) is 20.6 Å². The van der Waals surface area contributed by atoms with Gasteiger partial charge >= 0.3 is 0 Å². The number of sulfone groups is 1. The van der Waals surface area contributed by atoms with Gasteiger partial charge in [-0.2, -0.15) is 0 Å². The highest BCUT2D eigenvalue weighted by atomic mass is 32.2. The zero-order valence-corrected chi connectivity index (χ0v) is 12.9. The quantitative estimate of drug-likeness (QED) is 0.941. The van der Waals surface area contributed by atoms with E-state index in [1.807, 2.05) is 0 Å². The van der Waals surface area contributed by atoms with Crippen LogP contribution in [0.15, 0.2) is 45.9 Å². The maximum atomic E-state index is 12.3. The van der Waals surface area contributed by atoms with Crippen LogP contribution >= 0.6 is 0 Å². The normalized spacial score (nSPS) is 12.9. The minimum Gasteiger partial charge on any atom is -0.467 e. The van der Waals surface area contributed by atoms with Gasteiger partial charge in [-0.25, -0.2) is 8.42 Å². The summed E-state index contributed by atoms with van der Waals surface area (Å²) < 4.78 is 28.4. The van der Waals surface area contributed by atoms with E-state index in [2.05, 4.69) is 5.32 Å². The second-order valence-electron chi connectivity index (χ2n) is 4.96. The molecule has 0 aliphatic carbocycles. The third-order valence-electron chi connectivity index (χ3n) is 3.20. The number of furan rings is 1. The molecule has 2 aromatic rings. The van der Waals surface area contributed by atoms with Gasteiger partial charge in [0.25, 0.3) is 5.91 Å². The van der Waals surface area contributed by atoms with Gasteiger partial charge in [-0.15, -0.1) is 0 Å². The topological polar surface area (TPSA) is 76.4 Å². The van der Waals surface area contributed by atoms with E-state index in [0.717, 1.165) is 6.26 Å². The Balaban J connectivity index is 2.27. The fraction of sp³-hybridized carbons (Fsp3) is 0.267. The summed E-state index contributed by atoms with van der Waals surface area (Å²) in [5.41, 5.74) is 1.06. The molecular formula is C15H17NO4S. The Bertz CT molecular complexity index is 748. The van der Waals surface area contributed by atoms with Crippen LogP contribution < -0.4 is 5.32 Å². The molecule has 1 aromatic heterocycles. The molecule has 0 spiro atoms. The van der Waals surface area contributed by atoms with Crippen LogP contribution in [-0.2, 0) is 9.84 Å². The molecule has 1 aromatic carbocycles. The van der Waals surface area contributed by atoms with E-state index in [4.69, 9.17) is 4.42 Å². The molecule has 0 aliphatic heterocycles. The average molecular weight is 307 g/mol. The van der Waals surface area contributed by atoms with Gasteiger partial charge in [0.15, 0.2) is 9.84 Å². The van der Waals surface area contributed by atoms with Crippen LogP contribution in [0.1, 0.15) is 34.6 Å². The Morgan fingerprint density at radius 1 is 1.29 bits per heavy atom. The number of rotatable bonds is 4. The zero-order chi connectivity index (χ0) is 15.6. The lowest BCUT2D eigenvalue weighted by Crippen LogP contribution is -2.27. The number of aryl methyl sites for hydroxylation is 1. The monoisotopic (exact) mass is 307 g/mol. The summed E-state index contributed by atoms with van der Waals surface area (Å²) in [6.07, 6.45) is 2.65. The average Bonchev–Trinajstić information content (AvgIpc) is 2.91. The summed E-state index contributed by atoms with van der Waals surface area (Å²) in [5.74, 6) is 0.308. The number of hydrogen-bond acceptors (Lipinski definition) is 4. The Morgan fingerprint density at radius 2 is 2.00 bits per heavy atom. The Labute approximate surface area is 123 Å². The van der Waals surface area contributed by atoms with Gasteiger partial charge in [-0.05, 0) is 43.7 Å². The van der Waals surface area contributed by atoms with Crippen molar-refractivity contribution in [2.45, 2.75) is 24.8 Å². The lowest BCUT2D eigenvalue weighted by Gasteiger charge is -2.13. The predicted molar refractivity (Wildman–Crippen MR) is 78.9 cm³/mol. The highest BCUT2D eigenvalue weighted by Gasteiger charge is 2.17. The summed E-state index contributed by atoms with van der Waals surface area (Å²) in [6, 6.07) is 7.74. The Morgan fingerprint density at radius 3 is 2.57 bits per heavy atom. The van der Waals surface area contributed by atoms with Crippen LogP contribution in [0.3, 0.4) is 0 Å². The molecule has 1 heterocycles. The largest absolute Gasteiger partial charge is 0.467 e. The Hall–Kier alpha value is -2.08. The van der Waals surface area contributed by atoms with Gasteiger partial charge in [0.2, 0.25) is 0 Å². The van der Waals surface area contributed by atoms with Crippen molar-refractivity contribution in [1.29, 1.82) is 0 Å². The van der Waals surface area contributed by atoms with Crippen molar-refractivity contribution in [1.82, 2.24) is 5.32 Å². The number of carbonyl (C=O) groups is 1. The van der Waals surface area contributed by atoms with Gasteiger partial charge in [0.05, 0.1) is 17.2 Å². The lowest BCUT2D eigenvalue weighted by molar-refractivity contribution is 0.0934. The van der Waals surface area contributed by atoms with Gasteiger partial charge in [-0.1, -0.05) is 6.07 Å². The number of nitrogens with one attached hydrogen (secondary N) is 1. The third kappa shape index (κ3) is 3.52. The van der Waals surface area contributed by atoms with Crippen molar-refractivity contribution >= 4 is 15.7 Å². The number of hydrogen-bond donors (Lipinski definition) is 1. The number of amides is 1. The van der Waals surface area contributed by atoms with Crippen molar-refractivity contribution in [2.24, 2.45) is 0 Å². The summed E-state index contributed by atoms with van der Waals surface area (Å²) in [5, 5.41) is 2.79. The minimum atomic E-state index is -3.35. The minimum absolute atomic E-state index is 0.129. The van der Waals surface area contributed by atoms with Crippen molar-refractivity contribution in [2.75, 3.05) is 6.26 Å². The van der Waals surface area contributed by atoms with E-state index in [0.29, 0.717) is 16.9 Å². The van der Waals surface area contributed by atoms with Crippen LogP contribution in [0, 0.1) is 6.92 Å². The van der Waals surface area contributed by atoms with E-state index in [9.17, 15) is 13.2 Å². The smallest absolute Gasteiger partial charge is 0.252 e. The first-order valence-corrected chi connectivity index (χ1v) is 8.33. The molecule has 2 rings (SSSR count). The van der Waals surface area contributed by atoms with E-state index in [1.54, 1.807) is 32.0 Å². The number of benzene rings is 1. The maximum absolute atomic E-state index is 12.3. The van der Waals surface area contributed by atoms with Crippen LogP contribution in [0.4, 0.5) is 0 Å². The lowest BCUT2D eigenvalue weighted by atomic mass is 10.1. The second-order valence-corrected chi connectivity index (χ2v) is 6.98. The first-order chi connectivity index (χ1) is 9.79. The van der Waals surface area contributed by atoms with Crippen molar-refractivity contribution in [3.05, 3.63) is 53.5 Å². The van der Waals surface area contributed by atoms with Crippen molar-refractivity contribution < 1.29 is 17.6 Å². The predicted octanol–water partition coefficient (Wildman–Crippen LogP) is 2.48. The molecule has 6 heteroatoms. The van der Waals surface area contributed by atoms with Gasteiger partial charge in [0, 0.05) is 11.8 Å². The molecule has 21 heavy (non-hydrogen) atoms. The molecule has 0 saturated heterocycles. The number of carbonyl (C=O) groups excluding carboxylic acids is 1. The molecule has 0 radical (unpaired) electrons. The summed E-state index contributed by atoms with van der Waals surface area (Å²) in [6.45, 7) is 3.56. The molecule has 1 amide bonds. The highest BCUT2D eigenvalue weighted by molar-refractivity contribution is 7.90. The molecule has 0 aliphatic rings. The molecule has 0 fully saturated rings. The van der Waals surface area contributed by atoms with Crippen LogP contribution in [0.25, 0.3) is 0 Å². The van der Waals surface area contributed by atoms with Crippen LogP contribution in [0.2, 0.25) is 0 Å². The summed E-state index contributed by atoms with van der Waals surface area (Å²) in [7, 11) is -3.35. The van der Waals surface area contributed by atoms with Gasteiger partial charge in [0.1, 0.15) is 5.76 Å². The van der Waals surface area contributed by atoms with Crippen LogP contribution in [0.5, 0.6) is 0 Å². The highest BCUT2D eigenvalue weighted by Crippen LogP contribution is 2.18. The molecule has 5 nitrogen and oxygen atoms in total. The third-order valence-corrected chi connectivity index (χ3v) is 4.31. The maximum Gasteiger partial charge on any atom is 0.252 e. The standard InChI is InChI=1S/C15H17NO4S/c1-10-6-7-12(21(3,18)19)9-13(10)15(17)16-11(2)14-5-4-8-20-14/h4-9,11H,1-3H3,(H,16,17)/t11-/m0/s1. The van der Waals surface area contributed by atoms with Gasteiger partial charge in [-0.3, -0.25) is 4.79 Å². The SMILES string of the molecule is Cc1ccc(S(C)(=O)=O)cc1C(=O)N[C@@H](C)c1ccco1. The molecule has 112 valence electrons. The summed E-state index contributed by atoms with van der Waals surface area (Å²) in [4.78, 5) is 12.4. The molecular weight excluding hydrogens is 290 g/mol. The molecule has 0 saturated carbocycles. The Kier molecular flexibility index (Phi) is 4.18. The van der Waals surface area contributed by atoms with E-state index < -0.39 is 9.84 Å². The van der Waals surface area contributed by atoms with E-state index >= 15 is 0 Å². The second kappa shape index (κ2) is 5.73. The fourth-order valence-electron chi connectivity index (χ4n) is 1.96.